The summed E-state index contributed by atoms with van der Waals surface area (Å²) in [6.07, 6.45) is 0. The third kappa shape index (κ3) is 2.06. The van der Waals surface area contributed by atoms with Crippen molar-refractivity contribution in [3.8, 4) is 0 Å². The van der Waals surface area contributed by atoms with E-state index in [0.29, 0.717) is 15.8 Å². The van der Waals surface area contributed by atoms with Crippen molar-refractivity contribution in [2.24, 2.45) is 0 Å². The zero-order valence-corrected chi connectivity index (χ0v) is 8.65. The molecule has 0 aromatic heterocycles. The maximum atomic E-state index is 12.7. The van der Waals surface area contributed by atoms with Crippen molar-refractivity contribution < 1.29 is 8.78 Å². The largest absolute Gasteiger partial charge is 0.384 e. The van der Waals surface area contributed by atoms with E-state index in [-0.39, 0.29) is 0 Å². The Morgan fingerprint density at radius 3 is 2.50 bits per heavy atom. The molecule has 0 saturated carbocycles. The molecule has 66 valence electrons. The first-order chi connectivity index (χ1) is 5.65. The fourth-order valence-electron chi connectivity index (χ4n) is 0.848. The number of halogens is 3. The van der Waals surface area contributed by atoms with Crippen LogP contribution >= 0.6 is 22.6 Å². The van der Waals surface area contributed by atoms with Crippen LogP contribution in [0.1, 0.15) is 6.92 Å². The van der Waals surface area contributed by atoms with E-state index in [9.17, 15) is 8.78 Å². The maximum Gasteiger partial charge on any atom is 0.160 e. The van der Waals surface area contributed by atoms with Gasteiger partial charge >= 0.3 is 0 Å². The van der Waals surface area contributed by atoms with Crippen LogP contribution in [0, 0.1) is 15.2 Å². The van der Waals surface area contributed by atoms with Crippen LogP contribution in [-0.2, 0) is 0 Å². The molecule has 0 spiro atoms. The normalized spacial score (nSPS) is 10.0. The lowest BCUT2D eigenvalue weighted by atomic mass is 10.3. The number of anilines is 1. The molecule has 0 fully saturated rings. The zero-order valence-electron chi connectivity index (χ0n) is 6.50. The Bertz CT molecular complexity index is 289. The van der Waals surface area contributed by atoms with E-state index in [1.54, 1.807) is 0 Å². The van der Waals surface area contributed by atoms with Gasteiger partial charge in [0.15, 0.2) is 11.6 Å². The fourth-order valence-corrected chi connectivity index (χ4v) is 1.47. The molecule has 0 bridgehead atoms. The molecule has 0 atom stereocenters. The molecule has 0 heterocycles. The molecule has 1 aromatic rings. The summed E-state index contributed by atoms with van der Waals surface area (Å²) in [6, 6.07) is 2.34. The first-order valence-corrected chi connectivity index (χ1v) is 4.61. The molecule has 1 aromatic carbocycles. The summed E-state index contributed by atoms with van der Waals surface area (Å²) in [7, 11) is 0. The van der Waals surface area contributed by atoms with Gasteiger partial charge in [0.2, 0.25) is 0 Å². The molecule has 0 aliphatic carbocycles. The number of hydrogen-bond acceptors (Lipinski definition) is 1. The average molecular weight is 283 g/mol. The lowest BCUT2D eigenvalue weighted by Gasteiger charge is -2.05. The SMILES string of the molecule is CCNc1cc(F)c(F)cc1I. The molecule has 0 saturated heterocycles. The van der Waals surface area contributed by atoms with Gasteiger partial charge < -0.3 is 5.32 Å². The van der Waals surface area contributed by atoms with Crippen LogP contribution in [0.2, 0.25) is 0 Å². The van der Waals surface area contributed by atoms with Crippen molar-refractivity contribution in [2.45, 2.75) is 6.92 Å². The molecule has 1 rings (SSSR count). The highest BCUT2D eigenvalue weighted by atomic mass is 127. The van der Waals surface area contributed by atoms with Crippen LogP contribution in [0.3, 0.4) is 0 Å². The molecule has 0 aliphatic rings. The zero-order chi connectivity index (χ0) is 9.14. The van der Waals surface area contributed by atoms with Gasteiger partial charge in [-0.1, -0.05) is 0 Å². The van der Waals surface area contributed by atoms with Gasteiger partial charge in [0.05, 0.1) is 5.69 Å². The van der Waals surface area contributed by atoms with E-state index in [4.69, 9.17) is 0 Å². The molecular weight excluding hydrogens is 275 g/mol. The van der Waals surface area contributed by atoms with Gasteiger partial charge in [-0.25, -0.2) is 8.78 Å². The average Bonchev–Trinajstić information content (AvgIpc) is 2.01. The van der Waals surface area contributed by atoms with Crippen LogP contribution < -0.4 is 5.32 Å². The third-order valence-corrected chi connectivity index (χ3v) is 2.27. The summed E-state index contributed by atoms with van der Waals surface area (Å²) in [5.74, 6) is -1.62. The van der Waals surface area contributed by atoms with Crippen molar-refractivity contribution in [1.29, 1.82) is 0 Å². The predicted molar refractivity (Wildman–Crippen MR) is 53.2 cm³/mol. The van der Waals surface area contributed by atoms with Crippen LogP contribution in [0.5, 0.6) is 0 Å². The molecular formula is C8H8F2IN. The van der Waals surface area contributed by atoms with Gasteiger partial charge in [-0.15, -0.1) is 0 Å². The van der Waals surface area contributed by atoms with E-state index in [1.165, 1.54) is 12.1 Å². The first-order valence-electron chi connectivity index (χ1n) is 3.53. The van der Waals surface area contributed by atoms with E-state index in [0.717, 1.165) is 0 Å². The highest BCUT2D eigenvalue weighted by Crippen LogP contribution is 2.21. The monoisotopic (exact) mass is 283 g/mol. The Labute approximate surface area is 83.3 Å². The highest BCUT2D eigenvalue weighted by Gasteiger charge is 2.06. The summed E-state index contributed by atoms with van der Waals surface area (Å²) in [5.41, 5.74) is 0.636. The van der Waals surface area contributed by atoms with Gasteiger partial charge in [0, 0.05) is 16.2 Å². The molecule has 1 N–H and O–H groups in total. The second-order valence-electron chi connectivity index (χ2n) is 2.28. The predicted octanol–water partition coefficient (Wildman–Crippen LogP) is 3.00. The van der Waals surface area contributed by atoms with Crippen molar-refractivity contribution in [2.75, 3.05) is 11.9 Å². The van der Waals surface area contributed by atoms with Crippen LogP contribution in [-0.4, -0.2) is 6.54 Å². The van der Waals surface area contributed by atoms with Crippen LogP contribution in [0.15, 0.2) is 12.1 Å². The number of rotatable bonds is 2. The summed E-state index contributed by atoms with van der Waals surface area (Å²) in [4.78, 5) is 0. The van der Waals surface area contributed by atoms with Crippen molar-refractivity contribution in [3.63, 3.8) is 0 Å². The summed E-state index contributed by atoms with van der Waals surface area (Å²) >= 11 is 1.96. The Morgan fingerprint density at radius 2 is 1.92 bits per heavy atom. The highest BCUT2D eigenvalue weighted by molar-refractivity contribution is 14.1. The summed E-state index contributed by atoms with van der Waals surface area (Å²) < 4.78 is 25.9. The Hall–Kier alpha value is -0.390. The fraction of sp³-hybridized carbons (Fsp3) is 0.250. The number of nitrogens with one attached hydrogen (secondary N) is 1. The van der Waals surface area contributed by atoms with E-state index < -0.39 is 11.6 Å². The smallest absolute Gasteiger partial charge is 0.160 e. The van der Waals surface area contributed by atoms with Crippen molar-refractivity contribution in [3.05, 3.63) is 27.3 Å². The lowest BCUT2D eigenvalue weighted by Crippen LogP contribution is -2.00. The minimum atomic E-state index is -0.814. The second kappa shape index (κ2) is 4.02. The number of benzene rings is 1. The second-order valence-corrected chi connectivity index (χ2v) is 3.44. The number of hydrogen-bond donors (Lipinski definition) is 1. The van der Waals surface area contributed by atoms with Gasteiger partial charge in [-0.05, 0) is 35.6 Å². The van der Waals surface area contributed by atoms with Crippen molar-refractivity contribution >= 4 is 28.3 Å². The van der Waals surface area contributed by atoms with Gasteiger partial charge in [0.25, 0.3) is 0 Å². The van der Waals surface area contributed by atoms with Crippen LogP contribution in [0.25, 0.3) is 0 Å². The quantitative estimate of drug-likeness (QED) is 0.650. The maximum absolute atomic E-state index is 12.7. The standard InChI is InChI=1S/C8H8F2IN/c1-2-12-8-4-6(10)5(9)3-7(8)11/h3-4,12H,2H2,1H3. The first kappa shape index (κ1) is 9.70. The summed E-state index contributed by atoms with van der Waals surface area (Å²) in [6.45, 7) is 2.60. The lowest BCUT2D eigenvalue weighted by molar-refractivity contribution is 0.508. The Morgan fingerprint density at radius 1 is 1.33 bits per heavy atom. The van der Waals surface area contributed by atoms with Gasteiger partial charge in [-0.2, -0.15) is 0 Å². The molecule has 4 heteroatoms. The van der Waals surface area contributed by atoms with Crippen molar-refractivity contribution in [1.82, 2.24) is 0 Å². The van der Waals surface area contributed by atoms with Gasteiger partial charge in [-0.3, -0.25) is 0 Å². The van der Waals surface area contributed by atoms with E-state index in [1.807, 2.05) is 29.5 Å². The molecule has 1 nitrogen and oxygen atoms in total. The topological polar surface area (TPSA) is 12.0 Å². The Kier molecular flexibility index (Phi) is 3.25. The third-order valence-electron chi connectivity index (χ3n) is 1.38. The van der Waals surface area contributed by atoms with Crippen LogP contribution in [0.4, 0.5) is 14.5 Å². The molecule has 0 aliphatic heterocycles. The minimum Gasteiger partial charge on any atom is -0.384 e. The van der Waals surface area contributed by atoms with E-state index in [2.05, 4.69) is 5.32 Å². The molecule has 12 heavy (non-hydrogen) atoms. The molecule has 0 unspecified atom stereocenters. The minimum absolute atomic E-state index is 0.636. The molecule has 0 radical (unpaired) electrons. The van der Waals surface area contributed by atoms with E-state index >= 15 is 0 Å². The van der Waals surface area contributed by atoms with Gasteiger partial charge in [0.1, 0.15) is 0 Å². The summed E-state index contributed by atoms with van der Waals surface area (Å²) in [5, 5.41) is 2.93. The Balaban J connectivity index is 3.05. The molecule has 0 amide bonds.